The van der Waals surface area contributed by atoms with Crippen LogP contribution < -0.4 is 11.1 Å². The molecule has 0 saturated carbocycles. The molecule has 23 heavy (non-hydrogen) atoms. The lowest BCUT2D eigenvalue weighted by molar-refractivity contribution is 0.166. The number of ether oxygens (including phenoxy) is 1. The van der Waals surface area contributed by atoms with Crippen LogP contribution >= 0.6 is 0 Å². The monoisotopic (exact) mass is 339 g/mol. The second-order valence-corrected chi connectivity index (χ2v) is 7.42. The Hall–Kier alpha value is -2.06. The van der Waals surface area contributed by atoms with Crippen LogP contribution in [0, 0.1) is 0 Å². The van der Waals surface area contributed by atoms with Crippen molar-refractivity contribution in [2.45, 2.75) is 30.7 Å². The van der Waals surface area contributed by atoms with E-state index in [1.54, 1.807) is 19.1 Å². The number of nitrogens with one attached hydrogen (secondary N) is 1. The van der Waals surface area contributed by atoms with Gasteiger partial charge in [-0.1, -0.05) is 6.58 Å². The Labute approximate surface area is 136 Å². The number of rotatable bonds is 4. The van der Waals surface area contributed by atoms with Crippen molar-refractivity contribution < 1.29 is 17.9 Å². The minimum absolute atomic E-state index is 0.111. The second kappa shape index (κ2) is 7.01. The number of hydrogen-bond acceptors (Lipinski definition) is 5. The minimum Gasteiger partial charge on any atom is -0.416 e. The lowest BCUT2D eigenvalue weighted by Crippen LogP contribution is -2.46. The van der Waals surface area contributed by atoms with Gasteiger partial charge < -0.3 is 15.8 Å². The number of anilines is 1. The highest BCUT2D eigenvalue weighted by molar-refractivity contribution is 7.89. The fourth-order valence-electron chi connectivity index (χ4n) is 2.38. The van der Waals surface area contributed by atoms with E-state index >= 15 is 0 Å². The molecule has 8 heteroatoms. The van der Waals surface area contributed by atoms with Gasteiger partial charge in [-0.3, -0.25) is 0 Å². The molecule has 0 spiro atoms. The fraction of sp³-hybridized carbons (Fsp3) is 0.400. The molecule has 1 heterocycles. The van der Waals surface area contributed by atoms with E-state index in [0.717, 1.165) is 0 Å². The Kier molecular flexibility index (Phi) is 5.27. The van der Waals surface area contributed by atoms with Crippen molar-refractivity contribution in [2.24, 2.45) is 0 Å². The third-order valence-corrected chi connectivity index (χ3v) is 5.47. The highest BCUT2D eigenvalue weighted by Crippen LogP contribution is 2.21. The van der Waals surface area contributed by atoms with Gasteiger partial charge in [-0.2, -0.15) is 4.31 Å². The lowest BCUT2D eigenvalue weighted by atomic mass is 10.1. The Morgan fingerprint density at radius 2 is 1.87 bits per heavy atom. The largest absolute Gasteiger partial charge is 0.416 e. The van der Waals surface area contributed by atoms with Crippen LogP contribution in [0.2, 0.25) is 0 Å². The van der Waals surface area contributed by atoms with Crippen LogP contribution in [0.25, 0.3) is 0 Å². The smallest absolute Gasteiger partial charge is 0.412 e. The topological polar surface area (TPSA) is 102 Å². The molecule has 1 aliphatic heterocycles. The molecule has 0 atom stereocenters. The fourth-order valence-corrected chi connectivity index (χ4v) is 3.85. The molecule has 126 valence electrons. The van der Waals surface area contributed by atoms with Crippen molar-refractivity contribution in [3.05, 3.63) is 36.6 Å². The van der Waals surface area contributed by atoms with Crippen LogP contribution in [-0.4, -0.2) is 37.9 Å². The Balaban J connectivity index is 1.94. The Morgan fingerprint density at radius 3 is 2.39 bits per heavy atom. The average molecular weight is 339 g/mol. The van der Waals surface area contributed by atoms with Gasteiger partial charge in [0.25, 0.3) is 0 Å². The Bertz CT molecular complexity index is 677. The van der Waals surface area contributed by atoms with Gasteiger partial charge in [0, 0.05) is 24.8 Å². The first-order valence-electron chi connectivity index (χ1n) is 7.28. The summed E-state index contributed by atoms with van der Waals surface area (Å²) in [7, 11) is -3.53. The van der Waals surface area contributed by atoms with Crippen molar-refractivity contribution in [2.75, 3.05) is 18.8 Å². The van der Waals surface area contributed by atoms with Crippen LogP contribution in [0.5, 0.6) is 0 Å². The molecule has 1 saturated heterocycles. The molecule has 2 rings (SSSR count). The predicted octanol–water partition coefficient (Wildman–Crippen LogP) is 1.68. The molecule has 0 radical (unpaired) electrons. The van der Waals surface area contributed by atoms with Crippen molar-refractivity contribution in [1.29, 1.82) is 0 Å². The SMILES string of the molecule is C=C(C)OC(=O)NC1CCN(S(=O)(=O)c2ccc(N)cc2)CC1. The first-order chi connectivity index (χ1) is 10.8. The number of nitrogens with zero attached hydrogens (tertiary/aromatic N) is 1. The Morgan fingerprint density at radius 1 is 1.30 bits per heavy atom. The van der Waals surface area contributed by atoms with Gasteiger partial charge >= 0.3 is 6.09 Å². The van der Waals surface area contributed by atoms with E-state index in [0.29, 0.717) is 37.4 Å². The van der Waals surface area contributed by atoms with Gasteiger partial charge in [-0.05, 0) is 44.0 Å². The van der Waals surface area contributed by atoms with Gasteiger partial charge in [0.1, 0.15) is 0 Å². The van der Waals surface area contributed by atoms with Crippen molar-refractivity contribution in [3.8, 4) is 0 Å². The van der Waals surface area contributed by atoms with Crippen molar-refractivity contribution in [3.63, 3.8) is 0 Å². The highest BCUT2D eigenvalue weighted by Gasteiger charge is 2.30. The maximum absolute atomic E-state index is 12.5. The number of amides is 1. The van der Waals surface area contributed by atoms with E-state index in [2.05, 4.69) is 11.9 Å². The molecule has 1 aliphatic rings. The molecule has 0 unspecified atom stereocenters. The van der Waals surface area contributed by atoms with E-state index in [1.165, 1.54) is 16.4 Å². The zero-order chi connectivity index (χ0) is 17.0. The molecular formula is C15H21N3O4S. The maximum atomic E-state index is 12.5. The summed E-state index contributed by atoms with van der Waals surface area (Å²) in [6, 6.07) is 6.02. The molecule has 3 N–H and O–H groups in total. The lowest BCUT2D eigenvalue weighted by Gasteiger charge is -2.31. The number of nitrogens with two attached hydrogens (primary N) is 1. The van der Waals surface area contributed by atoms with Crippen LogP contribution in [0.15, 0.2) is 41.5 Å². The van der Waals surface area contributed by atoms with Crippen molar-refractivity contribution in [1.82, 2.24) is 9.62 Å². The summed E-state index contributed by atoms with van der Waals surface area (Å²) >= 11 is 0. The number of alkyl carbamates (subject to hydrolysis) is 1. The number of benzene rings is 1. The number of sulfonamides is 1. The number of nitrogen functional groups attached to an aromatic ring is 1. The molecule has 1 aromatic carbocycles. The summed E-state index contributed by atoms with van der Waals surface area (Å²) in [5.41, 5.74) is 6.10. The number of piperidine rings is 1. The molecule has 1 fully saturated rings. The summed E-state index contributed by atoms with van der Waals surface area (Å²) in [6.07, 6.45) is 0.497. The van der Waals surface area contributed by atoms with Gasteiger partial charge in [-0.25, -0.2) is 13.2 Å². The van der Waals surface area contributed by atoms with Gasteiger partial charge in [0.2, 0.25) is 10.0 Å². The molecule has 0 aromatic heterocycles. The van der Waals surface area contributed by atoms with E-state index in [-0.39, 0.29) is 10.9 Å². The predicted molar refractivity (Wildman–Crippen MR) is 87.1 cm³/mol. The molecule has 0 bridgehead atoms. The minimum atomic E-state index is -3.53. The van der Waals surface area contributed by atoms with Crippen LogP contribution in [0.3, 0.4) is 0 Å². The average Bonchev–Trinajstić information content (AvgIpc) is 2.47. The molecule has 7 nitrogen and oxygen atoms in total. The number of hydrogen-bond donors (Lipinski definition) is 2. The third kappa shape index (κ3) is 4.46. The van der Waals surface area contributed by atoms with Gasteiger partial charge in [0.05, 0.1) is 10.7 Å². The number of allylic oxidation sites excluding steroid dienone is 1. The zero-order valence-electron chi connectivity index (χ0n) is 13.0. The van der Waals surface area contributed by atoms with Crippen LogP contribution in [-0.2, 0) is 14.8 Å². The highest BCUT2D eigenvalue weighted by atomic mass is 32.2. The summed E-state index contributed by atoms with van der Waals surface area (Å²) in [4.78, 5) is 11.7. The van der Waals surface area contributed by atoms with E-state index < -0.39 is 16.1 Å². The summed E-state index contributed by atoms with van der Waals surface area (Å²) < 4.78 is 31.3. The summed E-state index contributed by atoms with van der Waals surface area (Å²) in [6.45, 7) is 5.75. The van der Waals surface area contributed by atoms with E-state index in [1.807, 2.05) is 0 Å². The van der Waals surface area contributed by atoms with Crippen LogP contribution in [0.4, 0.5) is 10.5 Å². The van der Waals surface area contributed by atoms with E-state index in [4.69, 9.17) is 10.5 Å². The second-order valence-electron chi connectivity index (χ2n) is 5.48. The quantitative estimate of drug-likeness (QED) is 0.642. The zero-order valence-corrected chi connectivity index (χ0v) is 13.8. The normalized spacial score (nSPS) is 16.7. The molecular weight excluding hydrogens is 318 g/mol. The standard InChI is InChI=1S/C15H21N3O4S/c1-11(2)22-15(19)17-13-7-9-18(10-8-13)23(20,21)14-5-3-12(16)4-6-14/h3-6,13H,1,7-10,16H2,2H3,(H,17,19). The van der Waals surface area contributed by atoms with Crippen molar-refractivity contribution >= 4 is 21.8 Å². The summed E-state index contributed by atoms with van der Waals surface area (Å²) in [5.74, 6) is 0.311. The first-order valence-corrected chi connectivity index (χ1v) is 8.72. The van der Waals surface area contributed by atoms with E-state index in [9.17, 15) is 13.2 Å². The molecule has 1 amide bonds. The van der Waals surface area contributed by atoms with Gasteiger partial charge in [-0.15, -0.1) is 0 Å². The number of carbonyl (C=O) groups excluding carboxylic acids is 1. The number of carbonyl (C=O) groups is 1. The molecule has 0 aliphatic carbocycles. The molecule has 1 aromatic rings. The first kappa shape index (κ1) is 17.3. The maximum Gasteiger partial charge on any atom is 0.412 e. The van der Waals surface area contributed by atoms with Crippen LogP contribution in [0.1, 0.15) is 19.8 Å². The summed E-state index contributed by atoms with van der Waals surface area (Å²) in [5, 5.41) is 2.71. The third-order valence-electron chi connectivity index (χ3n) is 3.56. The van der Waals surface area contributed by atoms with Gasteiger partial charge in [0.15, 0.2) is 0 Å².